The van der Waals surface area contributed by atoms with Gasteiger partial charge in [-0.05, 0) is 24.3 Å². The van der Waals surface area contributed by atoms with Crippen molar-refractivity contribution >= 4 is 23.6 Å². The van der Waals surface area contributed by atoms with E-state index in [0.717, 1.165) is 11.8 Å². The van der Waals surface area contributed by atoms with Crippen molar-refractivity contribution in [1.29, 1.82) is 0 Å². The zero-order valence-corrected chi connectivity index (χ0v) is 14.0. The van der Waals surface area contributed by atoms with Gasteiger partial charge in [-0.3, -0.25) is 4.79 Å². The molecule has 0 fully saturated rings. The van der Waals surface area contributed by atoms with Crippen LogP contribution < -0.4 is 4.74 Å². The van der Waals surface area contributed by atoms with Gasteiger partial charge in [-0.25, -0.2) is 4.68 Å². The van der Waals surface area contributed by atoms with Gasteiger partial charge in [0.25, 0.3) is 0 Å². The number of Topliss-reactive ketones (excluding diaryl/α,β-unsaturated/α-hetero) is 1. The van der Waals surface area contributed by atoms with Crippen LogP contribution >= 0.6 is 11.6 Å². The van der Waals surface area contributed by atoms with Crippen molar-refractivity contribution in [2.24, 2.45) is 12.2 Å². The van der Waals surface area contributed by atoms with Crippen LogP contribution in [0.4, 0.5) is 0 Å². The first-order valence-electron chi connectivity index (χ1n) is 7.37. The maximum absolute atomic E-state index is 12.5. The molecule has 6 nitrogen and oxygen atoms in total. The Kier molecular flexibility index (Phi) is 4.81. The van der Waals surface area contributed by atoms with Gasteiger partial charge in [0.05, 0.1) is 0 Å². The topological polar surface area (TPSA) is 76.7 Å². The third kappa shape index (κ3) is 3.54. The second-order valence-corrected chi connectivity index (χ2v) is 5.62. The number of benzene rings is 2. The molecule has 0 bridgehead atoms. The van der Waals surface area contributed by atoms with Crippen molar-refractivity contribution in [3.05, 3.63) is 65.2 Å². The first kappa shape index (κ1) is 16.7. The number of carbonyl (C=O) groups excluding carboxylic acids is 1. The predicted octanol–water partition coefficient (Wildman–Crippen LogP) is 4.18. The van der Waals surface area contributed by atoms with Gasteiger partial charge in [-0.2, -0.15) is 5.10 Å². The molecular formula is C18H14ClN3O3. The largest absolute Gasteiger partial charge is 0.438 e. The first-order chi connectivity index (χ1) is 12.1. The molecule has 0 unspecified atom stereocenters. The summed E-state index contributed by atoms with van der Waals surface area (Å²) in [6.07, 6.45) is 0.818. The Labute approximate surface area is 148 Å². The van der Waals surface area contributed by atoms with Crippen LogP contribution in [0.3, 0.4) is 0 Å². The highest BCUT2D eigenvalue weighted by Gasteiger charge is 2.24. The van der Waals surface area contributed by atoms with Crippen molar-refractivity contribution in [3.8, 4) is 22.9 Å². The summed E-state index contributed by atoms with van der Waals surface area (Å²) in [6.45, 7) is 0. The van der Waals surface area contributed by atoms with Crippen LogP contribution in [0.5, 0.6) is 11.6 Å². The van der Waals surface area contributed by atoms with Gasteiger partial charge in [-0.15, -0.1) is 0 Å². The van der Waals surface area contributed by atoms with E-state index < -0.39 is 5.78 Å². The molecule has 25 heavy (non-hydrogen) atoms. The van der Waals surface area contributed by atoms with E-state index in [-0.39, 0.29) is 11.4 Å². The summed E-state index contributed by atoms with van der Waals surface area (Å²) in [4.78, 5) is 12.5. The van der Waals surface area contributed by atoms with E-state index >= 15 is 0 Å². The lowest BCUT2D eigenvalue weighted by Crippen LogP contribution is -2.04. The zero-order valence-electron chi connectivity index (χ0n) is 13.3. The van der Waals surface area contributed by atoms with Crippen molar-refractivity contribution in [2.45, 2.75) is 0 Å². The number of aryl methyl sites for hydroxylation is 1. The maximum atomic E-state index is 12.5. The van der Waals surface area contributed by atoms with Gasteiger partial charge in [0.2, 0.25) is 11.7 Å². The highest BCUT2D eigenvalue weighted by atomic mass is 35.5. The number of hydrogen-bond acceptors (Lipinski definition) is 5. The van der Waals surface area contributed by atoms with Gasteiger partial charge >= 0.3 is 0 Å². The average molecular weight is 356 g/mol. The van der Waals surface area contributed by atoms with Crippen LogP contribution in [0, 0.1) is 0 Å². The van der Waals surface area contributed by atoms with E-state index in [0.29, 0.717) is 16.5 Å². The van der Waals surface area contributed by atoms with Crippen LogP contribution in [-0.2, 0) is 7.05 Å². The van der Waals surface area contributed by atoms with Crippen LogP contribution in [0.2, 0.25) is 5.02 Å². The summed E-state index contributed by atoms with van der Waals surface area (Å²) >= 11 is 5.88. The Balaban J connectivity index is 2.12. The number of ether oxygens (including phenoxy) is 1. The number of hydrogen-bond donors (Lipinski definition) is 1. The SMILES string of the molecule is Cn1nc(-c2ccccc2)c(C(=O)C=NO)c1Oc1ccc(Cl)cc1. The third-order valence-electron chi connectivity index (χ3n) is 3.49. The Bertz CT molecular complexity index is 919. The van der Waals surface area contributed by atoms with Gasteiger partial charge in [0, 0.05) is 17.6 Å². The standard InChI is InChI=1S/C18H14ClN3O3/c1-22-18(25-14-9-7-13(19)8-10-14)16(15(23)11-20-24)17(21-22)12-5-3-2-4-6-12/h2-11,24H,1H3. The van der Waals surface area contributed by atoms with E-state index in [1.807, 2.05) is 30.3 Å². The molecule has 2 aromatic carbocycles. The van der Waals surface area contributed by atoms with Crippen molar-refractivity contribution in [1.82, 2.24) is 9.78 Å². The number of ketones is 1. The lowest BCUT2D eigenvalue weighted by atomic mass is 10.1. The van der Waals surface area contributed by atoms with Crippen molar-refractivity contribution < 1.29 is 14.7 Å². The second kappa shape index (κ2) is 7.19. The van der Waals surface area contributed by atoms with Gasteiger partial charge in [0.15, 0.2) is 0 Å². The molecule has 0 saturated heterocycles. The molecule has 0 aliphatic carbocycles. The van der Waals surface area contributed by atoms with Crippen molar-refractivity contribution in [2.75, 3.05) is 0 Å². The fourth-order valence-corrected chi connectivity index (χ4v) is 2.50. The fraction of sp³-hybridized carbons (Fsp3) is 0.0556. The lowest BCUT2D eigenvalue weighted by molar-refractivity contribution is 0.106. The molecule has 0 amide bonds. The number of halogens is 1. The van der Waals surface area contributed by atoms with Gasteiger partial charge < -0.3 is 9.94 Å². The van der Waals surface area contributed by atoms with Crippen LogP contribution in [-0.4, -0.2) is 27.0 Å². The summed E-state index contributed by atoms with van der Waals surface area (Å²) in [5.41, 5.74) is 1.40. The Morgan fingerprint density at radius 2 is 1.88 bits per heavy atom. The van der Waals surface area contributed by atoms with E-state index in [4.69, 9.17) is 21.5 Å². The molecule has 0 aliphatic heterocycles. The highest BCUT2D eigenvalue weighted by molar-refractivity contribution is 6.37. The smallest absolute Gasteiger partial charge is 0.229 e. The summed E-state index contributed by atoms with van der Waals surface area (Å²) in [6, 6.07) is 16.0. The molecule has 7 heteroatoms. The number of aromatic nitrogens is 2. The number of carbonyl (C=O) groups is 1. The van der Waals surface area contributed by atoms with E-state index in [9.17, 15) is 4.79 Å². The number of rotatable bonds is 5. The third-order valence-corrected chi connectivity index (χ3v) is 3.74. The minimum atomic E-state index is -0.515. The normalized spacial score (nSPS) is 11.0. The fourth-order valence-electron chi connectivity index (χ4n) is 2.38. The Morgan fingerprint density at radius 1 is 1.20 bits per heavy atom. The summed E-state index contributed by atoms with van der Waals surface area (Å²) in [5.74, 6) is 0.228. The molecule has 126 valence electrons. The minimum absolute atomic E-state index is 0.210. The lowest BCUT2D eigenvalue weighted by Gasteiger charge is -2.07. The molecule has 1 N–H and O–H groups in total. The molecule has 1 heterocycles. The monoisotopic (exact) mass is 355 g/mol. The molecule has 3 rings (SSSR count). The first-order valence-corrected chi connectivity index (χ1v) is 7.75. The summed E-state index contributed by atoms with van der Waals surface area (Å²) in [7, 11) is 1.67. The maximum Gasteiger partial charge on any atom is 0.229 e. The molecule has 0 aliphatic rings. The number of nitrogens with zero attached hydrogens (tertiary/aromatic N) is 3. The van der Waals surface area contributed by atoms with Crippen molar-refractivity contribution in [3.63, 3.8) is 0 Å². The molecule has 3 aromatic rings. The van der Waals surface area contributed by atoms with E-state index in [2.05, 4.69) is 10.3 Å². The molecule has 0 spiro atoms. The minimum Gasteiger partial charge on any atom is -0.438 e. The predicted molar refractivity (Wildman–Crippen MR) is 94.8 cm³/mol. The van der Waals surface area contributed by atoms with Crippen LogP contribution in [0.25, 0.3) is 11.3 Å². The quantitative estimate of drug-likeness (QED) is 0.322. The Morgan fingerprint density at radius 3 is 2.52 bits per heavy atom. The molecule has 0 saturated carbocycles. The molecule has 1 aromatic heterocycles. The molecule has 0 radical (unpaired) electrons. The second-order valence-electron chi connectivity index (χ2n) is 5.18. The Hall–Kier alpha value is -3.12. The van der Waals surface area contributed by atoms with Gasteiger partial charge in [-0.1, -0.05) is 47.1 Å². The van der Waals surface area contributed by atoms with E-state index in [1.54, 1.807) is 31.3 Å². The number of oxime groups is 1. The van der Waals surface area contributed by atoms with Crippen LogP contribution in [0.15, 0.2) is 59.8 Å². The highest BCUT2D eigenvalue weighted by Crippen LogP contribution is 2.33. The molecular weight excluding hydrogens is 342 g/mol. The zero-order chi connectivity index (χ0) is 17.8. The molecule has 0 atom stereocenters. The summed E-state index contributed by atoms with van der Waals surface area (Å²) in [5, 5.41) is 16.5. The van der Waals surface area contributed by atoms with E-state index in [1.165, 1.54) is 4.68 Å². The average Bonchev–Trinajstić information content (AvgIpc) is 2.94. The van der Waals surface area contributed by atoms with Crippen LogP contribution in [0.1, 0.15) is 10.4 Å². The van der Waals surface area contributed by atoms with Gasteiger partial charge in [0.1, 0.15) is 23.2 Å². The summed E-state index contributed by atoms with van der Waals surface area (Å²) < 4.78 is 7.31.